The largest absolute Gasteiger partial charge is 0.393 e. The Labute approximate surface area is 107 Å². The highest BCUT2D eigenvalue weighted by Gasteiger charge is 2.12. The van der Waals surface area contributed by atoms with Crippen molar-refractivity contribution in [1.82, 2.24) is 5.32 Å². The molecule has 92 valence electrons. The minimum Gasteiger partial charge on any atom is -0.393 e. The fourth-order valence-electron chi connectivity index (χ4n) is 1.51. The van der Waals surface area contributed by atoms with Crippen LogP contribution in [0, 0.1) is 6.92 Å². The first-order valence-corrected chi connectivity index (χ1v) is 6.09. The highest BCUT2D eigenvalue weighted by Crippen LogP contribution is 2.05. The number of nitrogens with one attached hydrogen (secondary N) is 1. The predicted octanol–water partition coefficient (Wildman–Crippen LogP) is 2.18. The predicted molar refractivity (Wildman–Crippen MR) is 74.1 cm³/mol. The number of aryl methyl sites for hydroxylation is 1. The van der Waals surface area contributed by atoms with Crippen LogP contribution < -0.4 is 11.1 Å². The fourth-order valence-corrected chi connectivity index (χ4v) is 1.72. The molecule has 1 aromatic carbocycles. The van der Waals surface area contributed by atoms with Gasteiger partial charge in [-0.1, -0.05) is 36.8 Å². The van der Waals surface area contributed by atoms with E-state index in [9.17, 15) is 4.79 Å². The molecular formula is C13H18N2OS. The smallest absolute Gasteiger partial charge is 0.251 e. The molecule has 0 spiro atoms. The molecule has 1 atom stereocenters. The van der Waals surface area contributed by atoms with Crippen molar-refractivity contribution >= 4 is 23.1 Å². The Bertz CT molecular complexity index is 400. The van der Waals surface area contributed by atoms with Crippen molar-refractivity contribution in [2.75, 3.05) is 0 Å². The van der Waals surface area contributed by atoms with Gasteiger partial charge in [-0.2, -0.15) is 0 Å². The summed E-state index contributed by atoms with van der Waals surface area (Å²) < 4.78 is 0. The van der Waals surface area contributed by atoms with Crippen LogP contribution in [0.2, 0.25) is 0 Å². The van der Waals surface area contributed by atoms with Gasteiger partial charge in [0.05, 0.1) is 4.99 Å². The van der Waals surface area contributed by atoms with E-state index in [-0.39, 0.29) is 11.9 Å². The lowest BCUT2D eigenvalue weighted by Gasteiger charge is -2.16. The highest BCUT2D eigenvalue weighted by atomic mass is 32.1. The van der Waals surface area contributed by atoms with Gasteiger partial charge in [-0.25, -0.2) is 0 Å². The van der Waals surface area contributed by atoms with E-state index >= 15 is 0 Å². The Balaban J connectivity index is 2.64. The molecule has 1 rings (SSSR count). The van der Waals surface area contributed by atoms with E-state index in [1.807, 2.05) is 38.1 Å². The standard InChI is InChI=1S/C13H18N2OS/c1-3-11(8-12(14)17)15-13(16)10-6-4-9(2)5-7-10/h4-7,11H,3,8H2,1-2H3,(H2,14,17)(H,15,16). The van der Waals surface area contributed by atoms with Crippen LogP contribution in [0.3, 0.4) is 0 Å². The van der Waals surface area contributed by atoms with Crippen LogP contribution in [0.5, 0.6) is 0 Å². The van der Waals surface area contributed by atoms with Gasteiger partial charge < -0.3 is 11.1 Å². The van der Waals surface area contributed by atoms with E-state index in [0.29, 0.717) is 17.0 Å². The van der Waals surface area contributed by atoms with E-state index < -0.39 is 0 Å². The van der Waals surface area contributed by atoms with Crippen molar-refractivity contribution in [2.24, 2.45) is 5.73 Å². The molecule has 0 aliphatic carbocycles. The Morgan fingerprint density at radius 1 is 1.41 bits per heavy atom. The topological polar surface area (TPSA) is 55.1 Å². The number of hydrogen-bond acceptors (Lipinski definition) is 2. The summed E-state index contributed by atoms with van der Waals surface area (Å²) in [6.45, 7) is 3.99. The number of carbonyl (C=O) groups excluding carboxylic acids is 1. The molecule has 0 aliphatic rings. The van der Waals surface area contributed by atoms with Crippen LogP contribution >= 0.6 is 12.2 Å². The third kappa shape index (κ3) is 4.53. The lowest BCUT2D eigenvalue weighted by atomic mass is 10.1. The number of hydrogen-bond donors (Lipinski definition) is 2. The average molecular weight is 250 g/mol. The minimum atomic E-state index is -0.0758. The summed E-state index contributed by atoms with van der Waals surface area (Å²) in [5, 5.41) is 2.93. The molecule has 0 aromatic heterocycles. The summed E-state index contributed by atoms with van der Waals surface area (Å²) in [5.74, 6) is -0.0758. The molecule has 3 N–H and O–H groups in total. The van der Waals surface area contributed by atoms with Crippen molar-refractivity contribution in [2.45, 2.75) is 32.7 Å². The molecule has 0 saturated heterocycles. The number of nitrogens with two attached hydrogens (primary N) is 1. The van der Waals surface area contributed by atoms with Gasteiger partial charge in [0.15, 0.2) is 0 Å². The normalized spacial score (nSPS) is 11.9. The van der Waals surface area contributed by atoms with Crippen molar-refractivity contribution in [1.29, 1.82) is 0 Å². The quantitative estimate of drug-likeness (QED) is 0.788. The van der Waals surface area contributed by atoms with Gasteiger partial charge in [0.1, 0.15) is 0 Å². The zero-order chi connectivity index (χ0) is 12.8. The average Bonchev–Trinajstić information content (AvgIpc) is 2.28. The number of benzene rings is 1. The third-order valence-electron chi connectivity index (χ3n) is 2.59. The summed E-state index contributed by atoms with van der Waals surface area (Å²) in [4.78, 5) is 12.3. The maximum atomic E-state index is 11.9. The number of thiocarbonyl (C=S) groups is 1. The zero-order valence-electron chi connectivity index (χ0n) is 10.2. The van der Waals surface area contributed by atoms with Crippen molar-refractivity contribution in [3.63, 3.8) is 0 Å². The van der Waals surface area contributed by atoms with Crippen LogP contribution in [0.15, 0.2) is 24.3 Å². The van der Waals surface area contributed by atoms with E-state index in [0.717, 1.165) is 12.0 Å². The van der Waals surface area contributed by atoms with Crippen molar-refractivity contribution in [3.05, 3.63) is 35.4 Å². The Morgan fingerprint density at radius 3 is 2.47 bits per heavy atom. The van der Waals surface area contributed by atoms with E-state index in [1.165, 1.54) is 0 Å². The lowest BCUT2D eigenvalue weighted by molar-refractivity contribution is 0.0937. The molecule has 0 saturated carbocycles. The first-order valence-electron chi connectivity index (χ1n) is 5.68. The zero-order valence-corrected chi connectivity index (χ0v) is 11.0. The molecule has 1 aromatic rings. The number of carbonyl (C=O) groups is 1. The molecule has 0 bridgehead atoms. The van der Waals surface area contributed by atoms with E-state index in [2.05, 4.69) is 5.32 Å². The van der Waals surface area contributed by atoms with Gasteiger partial charge in [-0.05, 0) is 25.5 Å². The molecule has 17 heavy (non-hydrogen) atoms. The summed E-state index contributed by atoms with van der Waals surface area (Å²) in [6, 6.07) is 7.49. The molecule has 3 nitrogen and oxygen atoms in total. The molecule has 1 unspecified atom stereocenters. The molecule has 1 amide bonds. The van der Waals surface area contributed by atoms with Crippen molar-refractivity contribution in [3.8, 4) is 0 Å². The van der Waals surface area contributed by atoms with Gasteiger partial charge in [-0.15, -0.1) is 0 Å². The maximum Gasteiger partial charge on any atom is 0.251 e. The minimum absolute atomic E-state index is 0.0151. The first-order chi connectivity index (χ1) is 8.02. The summed E-state index contributed by atoms with van der Waals surface area (Å²) in [7, 11) is 0. The van der Waals surface area contributed by atoms with E-state index in [4.69, 9.17) is 18.0 Å². The summed E-state index contributed by atoms with van der Waals surface area (Å²) in [6.07, 6.45) is 1.36. The van der Waals surface area contributed by atoms with Crippen LogP contribution in [-0.4, -0.2) is 16.9 Å². The Hall–Kier alpha value is -1.42. The summed E-state index contributed by atoms with van der Waals surface area (Å²) >= 11 is 4.85. The monoisotopic (exact) mass is 250 g/mol. The molecule has 0 fully saturated rings. The SMILES string of the molecule is CCC(CC(N)=S)NC(=O)c1ccc(C)cc1. The van der Waals surface area contributed by atoms with Gasteiger partial charge in [0.2, 0.25) is 0 Å². The van der Waals surface area contributed by atoms with Crippen molar-refractivity contribution < 1.29 is 4.79 Å². The molecule has 0 aliphatic heterocycles. The van der Waals surface area contributed by atoms with E-state index in [1.54, 1.807) is 0 Å². The van der Waals surface area contributed by atoms with Crippen LogP contribution in [0.25, 0.3) is 0 Å². The van der Waals surface area contributed by atoms with Gasteiger partial charge in [0, 0.05) is 18.0 Å². The maximum absolute atomic E-state index is 11.9. The fraction of sp³-hybridized carbons (Fsp3) is 0.385. The Morgan fingerprint density at radius 2 is 2.00 bits per heavy atom. The summed E-state index contributed by atoms with van der Waals surface area (Å²) in [5.41, 5.74) is 7.28. The molecule has 0 heterocycles. The number of rotatable bonds is 5. The van der Waals surface area contributed by atoms with Crippen LogP contribution in [-0.2, 0) is 0 Å². The molecule has 0 radical (unpaired) electrons. The second-order valence-electron chi connectivity index (χ2n) is 4.12. The second kappa shape index (κ2) is 6.35. The molecular weight excluding hydrogens is 232 g/mol. The lowest BCUT2D eigenvalue weighted by Crippen LogP contribution is -2.37. The van der Waals surface area contributed by atoms with Gasteiger partial charge >= 0.3 is 0 Å². The van der Waals surface area contributed by atoms with Gasteiger partial charge in [0.25, 0.3) is 5.91 Å². The molecule has 4 heteroatoms. The first kappa shape index (κ1) is 13.6. The second-order valence-corrected chi connectivity index (χ2v) is 4.64. The number of amides is 1. The van der Waals surface area contributed by atoms with Gasteiger partial charge in [-0.3, -0.25) is 4.79 Å². The Kier molecular flexibility index (Phi) is 5.10. The highest BCUT2D eigenvalue weighted by molar-refractivity contribution is 7.80. The van der Waals surface area contributed by atoms with Crippen LogP contribution in [0.1, 0.15) is 35.7 Å². The third-order valence-corrected chi connectivity index (χ3v) is 2.76. The van der Waals surface area contributed by atoms with Crippen LogP contribution in [0.4, 0.5) is 0 Å².